The Labute approximate surface area is 106 Å². The van der Waals surface area contributed by atoms with Gasteiger partial charge in [-0.05, 0) is 13.8 Å². The first-order valence-corrected chi connectivity index (χ1v) is 5.93. The first kappa shape index (κ1) is 12.3. The summed E-state index contributed by atoms with van der Waals surface area (Å²) >= 11 is 0. The number of rotatable bonds is 4. The highest BCUT2D eigenvalue weighted by molar-refractivity contribution is 5.60. The Balaban J connectivity index is 2.46. The molecule has 0 bridgehead atoms. The van der Waals surface area contributed by atoms with Crippen LogP contribution in [0.2, 0.25) is 0 Å². The summed E-state index contributed by atoms with van der Waals surface area (Å²) in [5, 5.41) is 0. The van der Waals surface area contributed by atoms with Crippen molar-refractivity contribution < 1.29 is 4.74 Å². The molecule has 0 unspecified atom stereocenters. The van der Waals surface area contributed by atoms with E-state index in [0.717, 1.165) is 12.2 Å². The number of aryl methyl sites for hydroxylation is 1. The van der Waals surface area contributed by atoms with Gasteiger partial charge in [-0.25, -0.2) is 9.97 Å². The number of hydrogen-bond donors (Lipinski definition) is 1. The molecule has 2 aromatic rings. The molecule has 0 atom stereocenters. The lowest BCUT2D eigenvalue weighted by Gasteiger charge is -2.13. The molecule has 6 nitrogen and oxygen atoms in total. The fraction of sp³-hybridized carbons (Fsp3) is 0.417. The van der Waals surface area contributed by atoms with Gasteiger partial charge in [-0.1, -0.05) is 6.92 Å². The van der Waals surface area contributed by atoms with E-state index >= 15 is 0 Å². The van der Waals surface area contributed by atoms with Crippen molar-refractivity contribution in [3.8, 4) is 11.7 Å². The normalized spacial score (nSPS) is 10.9. The summed E-state index contributed by atoms with van der Waals surface area (Å²) in [6, 6.07) is 0. The quantitative estimate of drug-likeness (QED) is 0.887. The van der Waals surface area contributed by atoms with E-state index in [1.807, 2.05) is 31.5 Å². The van der Waals surface area contributed by atoms with Gasteiger partial charge in [0, 0.05) is 18.8 Å². The lowest BCUT2D eigenvalue weighted by atomic mass is 10.4. The maximum Gasteiger partial charge on any atom is 0.242 e. The smallest absolute Gasteiger partial charge is 0.242 e. The molecule has 0 aromatic carbocycles. The largest absolute Gasteiger partial charge is 0.473 e. The van der Waals surface area contributed by atoms with Gasteiger partial charge in [-0.3, -0.25) is 4.57 Å². The molecule has 2 rings (SSSR count). The molecule has 2 aromatic heterocycles. The van der Waals surface area contributed by atoms with Crippen molar-refractivity contribution in [1.82, 2.24) is 19.5 Å². The van der Waals surface area contributed by atoms with Crippen LogP contribution in [0.4, 0.5) is 5.69 Å². The minimum Gasteiger partial charge on any atom is -0.473 e. The van der Waals surface area contributed by atoms with E-state index in [9.17, 15) is 0 Å². The number of ether oxygens (including phenoxy) is 1. The first-order chi connectivity index (χ1) is 8.63. The Morgan fingerprint density at radius 2 is 2.11 bits per heavy atom. The van der Waals surface area contributed by atoms with Crippen molar-refractivity contribution >= 4 is 5.69 Å². The van der Waals surface area contributed by atoms with Gasteiger partial charge in [0.25, 0.3) is 0 Å². The van der Waals surface area contributed by atoms with Gasteiger partial charge in [0.1, 0.15) is 17.8 Å². The Bertz CT molecular complexity index is 535. The predicted molar refractivity (Wildman–Crippen MR) is 68.7 cm³/mol. The summed E-state index contributed by atoms with van der Waals surface area (Å²) in [6.07, 6.45) is 5.82. The number of imidazole rings is 1. The monoisotopic (exact) mass is 247 g/mol. The second-order valence-corrected chi connectivity index (χ2v) is 4.15. The molecule has 0 aliphatic carbocycles. The molecular weight excluding hydrogens is 230 g/mol. The molecule has 96 valence electrons. The Morgan fingerprint density at radius 3 is 2.78 bits per heavy atom. The standard InChI is InChI=1S/C12H17N5O/c1-4-9-14-5-6-17(9)11-10(13)12(16-7-15-11)18-8(2)3/h5-8H,4,13H2,1-3H3. The molecule has 0 aliphatic heterocycles. The van der Waals surface area contributed by atoms with E-state index in [1.165, 1.54) is 6.33 Å². The molecule has 0 aliphatic rings. The fourth-order valence-electron chi connectivity index (χ4n) is 1.67. The molecule has 0 saturated heterocycles. The number of aromatic nitrogens is 4. The predicted octanol–water partition coefficient (Wildman–Crippen LogP) is 1.59. The molecule has 2 heterocycles. The summed E-state index contributed by atoms with van der Waals surface area (Å²) < 4.78 is 7.40. The van der Waals surface area contributed by atoms with Crippen LogP contribution < -0.4 is 10.5 Å². The Morgan fingerprint density at radius 1 is 1.33 bits per heavy atom. The van der Waals surface area contributed by atoms with Gasteiger partial charge < -0.3 is 10.5 Å². The minimum atomic E-state index is 0.0171. The highest BCUT2D eigenvalue weighted by Gasteiger charge is 2.14. The van der Waals surface area contributed by atoms with E-state index in [2.05, 4.69) is 15.0 Å². The van der Waals surface area contributed by atoms with Crippen molar-refractivity contribution in [3.05, 3.63) is 24.5 Å². The average molecular weight is 247 g/mol. The molecule has 0 radical (unpaired) electrons. The van der Waals surface area contributed by atoms with Crippen LogP contribution >= 0.6 is 0 Å². The number of nitrogens with zero attached hydrogens (tertiary/aromatic N) is 4. The molecule has 0 saturated carbocycles. The lowest BCUT2D eigenvalue weighted by molar-refractivity contribution is 0.233. The zero-order valence-corrected chi connectivity index (χ0v) is 10.8. The van der Waals surface area contributed by atoms with E-state index in [4.69, 9.17) is 10.5 Å². The molecule has 0 fully saturated rings. The highest BCUT2D eigenvalue weighted by atomic mass is 16.5. The summed E-state index contributed by atoms with van der Waals surface area (Å²) in [7, 11) is 0. The van der Waals surface area contributed by atoms with Crippen LogP contribution in [0.3, 0.4) is 0 Å². The second-order valence-electron chi connectivity index (χ2n) is 4.15. The Hall–Kier alpha value is -2.11. The van der Waals surface area contributed by atoms with Crippen LogP contribution in [-0.2, 0) is 6.42 Å². The van der Waals surface area contributed by atoms with Crippen molar-refractivity contribution in [2.45, 2.75) is 33.3 Å². The first-order valence-electron chi connectivity index (χ1n) is 5.93. The third kappa shape index (κ3) is 2.27. The van der Waals surface area contributed by atoms with Crippen LogP contribution in [0.25, 0.3) is 5.82 Å². The number of hydrogen-bond acceptors (Lipinski definition) is 5. The van der Waals surface area contributed by atoms with E-state index in [0.29, 0.717) is 17.4 Å². The van der Waals surface area contributed by atoms with Crippen LogP contribution in [0.15, 0.2) is 18.7 Å². The lowest BCUT2D eigenvalue weighted by Crippen LogP contribution is -2.12. The molecule has 0 spiro atoms. The third-order valence-electron chi connectivity index (χ3n) is 2.44. The van der Waals surface area contributed by atoms with E-state index in [1.54, 1.807) is 6.20 Å². The van der Waals surface area contributed by atoms with Crippen LogP contribution in [0.1, 0.15) is 26.6 Å². The van der Waals surface area contributed by atoms with Gasteiger partial charge in [0.05, 0.1) is 6.10 Å². The van der Waals surface area contributed by atoms with E-state index in [-0.39, 0.29) is 6.10 Å². The zero-order chi connectivity index (χ0) is 13.1. The van der Waals surface area contributed by atoms with Gasteiger partial charge in [-0.15, -0.1) is 0 Å². The van der Waals surface area contributed by atoms with Crippen LogP contribution in [-0.4, -0.2) is 25.6 Å². The fourth-order valence-corrected chi connectivity index (χ4v) is 1.67. The Kier molecular flexibility index (Phi) is 3.45. The van der Waals surface area contributed by atoms with Gasteiger partial charge in [0.15, 0.2) is 5.82 Å². The van der Waals surface area contributed by atoms with Crippen molar-refractivity contribution in [2.24, 2.45) is 0 Å². The third-order valence-corrected chi connectivity index (χ3v) is 2.44. The van der Waals surface area contributed by atoms with Crippen LogP contribution in [0, 0.1) is 0 Å². The molecule has 2 N–H and O–H groups in total. The number of nitrogens with two attached hydrogens (primary N) is 1. The van der Waals surface area contributed by atoms with Crippen molar-refractivity contribution in [1.29, 1.82) is 0 Å². The van der Waals surface area contributed by atoms with Crippen LogP contribution in [0.5, 0.6) is 5.88 Å². The zero-order valence-electron chi connectivity index (χ0n) is 10.8. The van der Waals surface area contributed by atoms with Crippen molar-refractivity contribution in [2.75, 3.05) is 5.73 Å². The summed E-state index contributed by atoms with van der Waals surface area (Å²) in [6.45, 7) is 5.88. The highest BCUT2D eigenvalue weighted by Crippen LogP contribution is 2.25. The summed E-state index contributed by atoms with van der Waals surface area (Å²) in [5.74, 6) is 1.91. The molecule has 6 heteroatoms. The summed E-state index contributed by atoms with van der Waals surface area (Å²) in [4.78, 5) is 12.5. The van der Waals surface area contributed by atoms with Gasteiger partial charge >= 0.3 is 0 Å². The minimum absolute atomic E-state index is 0.0171. The molecular formula is C12H17N5O. The van der Waals surface area contributed by atoms with Crippen molar-refractivity contribution in [3.63, 3.8) is 0 Å². The summed E-state index contributed by atoms with van der Waals surface area (Å²) in [5.41, 5.74) is 6.48. The molecule has 0 amide bonds. The number of anilines is 1. The maximum atomic E-state index is 6.05. The second kappa shape index (κ2) is 5.03. The molecule has 18 heavy (non-hydrogen) atoms. The van der Waals surface area contributed by atoms with Gasteiger partial charge in [-0.2, -0.15) is 4.98 Å². The van der Waals surface area contributed by atoms with E-state index < -0.39 is 0 Å². The van der Waals surface area contributed by atoms with Gasteiger partial charge in [0.2, 0.25) is 5.88 Å². The topological polar surface area (TPSA) is 78.8 Å². The SMILES string of the molecule is CCc1nccn1-c1ncnc(OC(C)C)c1N. The number of nitrogen functional groups attached to an aromatic ring is 1. The maximum absolute atomic E-state index is 6.05. The average Bonchev–Trinajstić information content (AvgIpc) is 2.79.